The molecule has 0 amide bonds. The Balaban J connectivity index is 1.15. The minimum atomic E-state index is -0.418. The molecule has 0 saturated carbocycles. The van der Waals surface area contributed by atoms with Crippen molar-refractivity contribution < 1.29 is 17.6 Å². The lowest BCUT2D eigenvalue weighted by molar-refractivity contribution is 0.627. The van der Waals surface area contributed by atoms with E-state index in [4.69, 9.17) is 34.9 Å². The van der Waals surface area contributed by atoms with E-state index < -0.39 is 23.3 Å². The van der Waals surface area contributed by atoms with Crippen molar-refractivity contribution in [3.8, 4) is 0 Å². The first-order valence-corrected chi connectivity index (χ1v) is 31.6. The summed E-state index contributed by atoms with van der Waals surface area (Å²) in [7, 11) is 0. The standard InChI is InChI=1S/C81H59F4N11/c1-44-60-14-9-10-15-65(60)89-48(5)78(44)93(56-27-19-52(82)20-28-56)69-42-70(94(57-29-21-53(83)22-30-57)79-45(2)75-66(90-49(79)6)16-11-39-86-75)62-37-38-64-72(96(59-33-25-55(85)26-34-59)81-47(4)77-68(92-51(81)8)18-13-41-88-77)43-71(63-36-35-61(69)73(62)74(63)64)95(58-31-23-54(84)24-32-58)80-46(3)76-67(91-50(80)7)17-12-40-87-76/h9-43H,1-8H3. The monoisotopic (exact) mass is 1260 g/mol. The van der Waals surface area contributed by atoms with E-state index in [1.54, 1.807) is 67.1 Å². The van der Waals surface area contributed by atoms with Crippen LogP contribution in [0.15, 0.2) is 213 Å². The lowest BCUT2D eigenvalue weighted by atomic mass is 9.88. The molecule has 0 atom stereocenters. The normalized spacial score (nSPS) is 11.8. The number of hydrogen-bond donors (Lipinski definition) is 0. The van der Waals surface area contributed by atoms with Crippen molar-refractivity contribution >= 4 is 145 Å². The average molecular weight is 1260 g/mol. The van der Waals surface area contributed by atoms with Gasteiger partial charge in [-0.2, -0.15) is 0 Å². The summed E-state index contributed by atoms with van der Waals surface area (Å²) in [6, 6.07) is 58.4. The number of halogens is 4. The molecular formula is C81H59F4N11. The van der Waals surface area contributed by atoms with Crippen molar-refractivity contribution in [3.05, 3.63) is 281 Å². The molecule has 9 aromatic carbocycles. The molecule has 0 aliphatic rings. The zero-order valence-corrected chi connectivity index (χ0v) is 53.6. The smallest absolute Gasteiger partial charge is 0.123 e. The summed E-state index contributed by atoms with van der Waals surface area (Å²) < 4.78 is 62.6. The molecule has 466 valence electrons. The van der Waals surface area contributed by atoms with Crippen LogP contribution < -0.4 is 19.6 Å². The number of anilines is 12. The molecule has 0 saturated heterocycles. The van der Waals surface area contributed by atoms with E-state index in [1.165, 1.54) is 48.5 Å². The van der Waals surface area contributed by atoms with Gasteiger partial charge in [-0.1, -0.05) is 42.5 Å². The predicted molar refractivity (Wildman–Crippen MR) is 381 cm³/mol. The first-order chi connectivity index (χ1) is 46.6. The van der Waals surface area contributed by atoms with Crippen molar-refractivity contribution in [2.75, 3.05) is 19.6 Å². The predicted octanol–water partition coefficient (Wildman–Crippen LogP) is 21.9. The Labute approximate surface area is 550 Å². The maximum Gasteiger partial charge on any atom is 0.123 e. The Bertz CT molecular complexity index is 5120. The van der Waals surface area contributed by atoms with Gasteiger partial charge in [0, 0.05) is 95.7 Å². The summed E-state index contributed by atoms with van der Waals surface area (Å²) in [4.78, 5) is 44.4. The van der Waals surface area contributed by atoms with Gasteiger partial charge in [0.05, 0.1) is 107 Å². The molecule has 11 nitrogen and oxygen atoms in total. The maximum absolute atomic E-state index is 15.7. The topological polar surface area (TPSA) is 103 Å². The molecule has 0 spiro atoms. The first-order valence-electron chi connectivity index (χ1n) is 31.6. The zero-order valence-electron chi connectivity index (χ0n) is 53.6. The third kappa shape index (κ3) is 9.51. The van der Waals surface area contributed by atoms with Crippen LogP contribution in [-0.4, -0.2) is 34.9 Å². The maximum atomic E-state index is 15.7. The van der Waals surface area contributed by atoms with Crippen LogP contribution in [0.2, 0.25) is 0 Å². The third-order valence-electron chi connectivity index (χ3n) is 18.7. The number of aryl methyl sites for hydroxylation is 8. The third-order valence-corrected chi connectivity index (χ3v) is 18.7. The molecule has 0 N–H and O–H groups in total. The molecule has 0 radical (unpaired) electrons. The van der Waals surface area contributed by atoms with Crippen LogP contribution >= 0.6 is 0 Å². The van der Waals surface area contributed by atoms with Crippen LogP contribution in [0, 0.1) is 78.7 Å². The Morgan fingerprint density at radius 3 is 0.823 bits per heavy atom. The molecule has 0 aliphatic carbocycles. The fraction of sp³-hybridized carbons (Fsp3) is 0.0988. The van der Waals surface area contributed by atoms with E-state index in [0.717, 1.165) is 93.9 Å². The van der Waals surface area contributed by atoms with Crippen molar-refractivity contribution in [1.29, 1.82) is 0 Å². The van der Waals surface area contributed by atoms with Crippen LogP contribution in [-0.2, 0) is 0 Å². The molecule has 0 fully saturated rings. The SMILES string of the molecule is Cc1nc2ccccc2c(C)c1N(c1ccc(F)cc1)c1cc(N(c2ccc(F)cc2)c2c(C)nc3cccnc3c2C)c2ccc3c(N(c4ccc(F)cc4)c4c(C)nc5cccnc5c4C)cc(N(c4ccc(F)cc4)c4c(C)nc5cccnc5c4C)c4ccc1c2c43. The van der Waals surface area contributed by atoms with E-state index >= 15 is 17.6 Å². The molecule has 0 bridgehead atoms. The summed E-state index contributed by atoms with van der Waals surface area (Å²) in [5.74, 6) is -1.66. The molecule has 15 heteroatoms. The highest BCUT2D eigenvalue weighted by molar-refractivity contribution is 6.33. The zero-order chi connectivity index (χ0) is 65.9. The summed E-state index contributed by atoms with van der Waals surface area (Å²) in [6.07, 6.45) is 5.28. The van der Waals surface area contributed by atoms with Gasteiger partial charge < -0.3 is 19.6 Å². The molecule has 7 heterocycles. The second-order valence-electron chi connectivity index (χ2n) is 24.5. The molecule has 7 aromatic heterocycles. The van der Waals surface area contributed by atoms with Gasteiger partial charge in [0.1, 0.15) is 23.3 Å². The van der Waals surface area contributed by atoms with Gasteiger partial charge >= 0.3 is 0 Å². The number of aromatic nitrogens is 7. The van der Waals surface area contributed by atoms with Gasteiger partial charge in [-0.25, -0.2) is 32.5 Å². The van der Waals surface area contributed by atoms with Crippen molar-refractivity contribution in [3.63, 3.8) is 0 Å². The first kappa shape index (κ1) is 59.1. The van der Waals surface area contributed by atoms with Crippen molar-refractivity contribution in [2.45, 2.75) is 55.4 Å². The summed E-state index contributed by atoms with van der Waals surface area (Å²) >= 11 is 0. The molecular weight excluding hydrogens is 1200 g/mol. The fourth-order valence-corrected chi connectivity index (χ4v) is 14.6. The van der Waals surface area contributed by atoms with Gasteiger partial charge in [-0.05, 0) is 213 Å². The number of fused-ring (bicyclic) bond motifs is 4. The number of benzene rings is 9. The number of nitrogens with zero attached hydrogens (tertiary/aromatic N) is 11. The summed E-state index contributed by atoms with van der Waals surface area (Å²) in [5.41, 5.74) is 19.4. The fourth-order valence-electron chi connectivity index (χ4n) is 14.6. The Morgan fingerprint density at radius 2 is 0.521 bits per heavy atom. The average Bonchev–Trinajstić information content (AvgIpc) is 0.697. The highest BCUT2D eigenvalue weighted by atomic mass is 19.1. The minimum Gasteiger partial charge on any atom is -0.308 e. The van der Waals surface area contributed by atoms with E-state index in [2.05, 4.69) is 69.0 Å². The highest BCUT2D eigenvalue weighted by Gasteiger charge is 2.33. The lowest BCUT2D eigenvalue weighted by Crippen LogP contribution is -2.19. The second kappa shape index (κ2) is 22.9. The Hall–Kier alpha value is -12.0. The van der Waals surface area contributed by atoms with Crippen LogP contribution in [0.3, 0.4) is 0 Å². The molecule has 0 aliphatic heterocycles. The van der Waals surface area contributed by atoms with Gasteiger partial charge in [-0.3, -0.25) is 19.9 Å². The second-order valence-corrected chi connectivity index (χ2v) is 24.5. The number of para-hydroxylation sites is 1. The largest absolute Gasteiger partial charge is 0.308 e. The number of rotatable bonds is 12. The van der Waals surface area contributed by atoms with E-state index in [0.29, 0.717) is 95.7 Å². The number of pyridine rings is 7. The van der Waals surface area contributed by atoms with E-state index in [1.807, 2.05) is 103 Å². The quantitative estimate of drug-likeness (QED) is 0.0863. The van der Waals surface area contributed by atoms with Crippen LogP contribution in [0.25, 0.3) is 76.3 Å². The van der Waals surface area contributed by atoms with Gasteiger partial charge in [0.25, 0.3) is 0 Å². The van der Waals surface area contributed by atoms with Crippen LogP contribution in [0.5, 0.6) is 0 Å². The molecule has 16 aromatic rings. The van der Waals surface area contributed by atoms with E-state index in [9.17, 15) is 0 Å². The Morgan fingerprint density at radius 1 is 0.260 bits per heavy atom. The van der Waals surface area contributed by atoms with Crippen LogP contribution in [0.1, 0.15) is 45.0 Å². The van der Waals surface area contributed by atoms with Gasteiger partial charge in [0.15, 0.2) is 0 Å². The molecule has 96 heavy (non-hydrogen) atoms. The van der Waals surface area contributed by atoms with Gasteiger partial charge in [0.2, 0.25) is 0 Å². The highest BCUT2D eigenvalue weighted by Crippen LogP contribution is 2.57. The molecule has 0 unspecified atom stereocenters. The van der Waals surface area contributed by atoms with Gasteiger partial charge in [-0.15, -0.1) is 0 Å². The molecule has 16 rings (SSSR count). The Kier molecular flexibility index (Phi) is 14.1. The van der Waals surface area contributed by atoms with Crippen molar-refractivity contribution in [2.24, 2.45) is 0 Å². The van der Waals surface area contributed by atoms with Crippen molar-refractivity contribution in [1.82, 2.24) is 34.9 Å². The summed E-state index contributed by atoms with van der Waals surface area (Å²) in [5, 5.41) is 5.71. The van der Waals surface area contributed by atoms with E-state index in [-0.39, 0.29) is 0 Å². The van der Waals surface area contributed by atoms with Crippen LogP contribution in [0.4, 0.5) is 85.8 Å². The number of hydrogen-bond acceptors (Lipinski definition) is 11. The summed E-state index contributed by atoms with van der Waals surface area (Å²) in [6.45, 7) is 16.2. The minimum absolute atomic E-state index is 0.409. The lowest BCUT2D eigenvalue weighted by Gasteiger charge is -2.36.